The third-order valence-electron chi connectivity index (χ3n) is 6.79. The number of carbonyl (C=O) groups excluding carboxylic acids is 2. The Morgan fingerprint density at radius 2 is 1.73 bits per heavy atom. The first-order chi connectivity index (χ1) is 20.4. The van der Waals surface area contributed by atoms with E-state index in [4.69, 9.17) is 14.5 Å². The molecule has 3 saturated heterocycles. The van der Waals surface area contributed by atoms with Gasteiger partial charge in [0.05, 0.1) is 24.3 Å². The molecule has 21 nitrogen and oxygen atoms in total. The van der Waals surface area contributed by atoms with E-state index in [1.165, 1.54) is 0 Å². The fourth-order valence-corrected chi connectivity index (χ4v) is 9.45. The summed E-state index contributed by atoms with van der Waals surface area (Å²) in [5.41, 5.74) is -2.62. The highest BCUT2D eigenvalue weighted by Crippen LogP contribution is 2.66. The largest absolute Gasteiger partial charge is 0.490 e. The van der Waals surface area contributed by atoms with Crippen LogP contribution in [0.5, 0.6) is 0 Å². The van der Waals surface area contributed by atoms with Gasteiger partial charge in [0.15, 0.2) is 0 Å². The smallest absolute Gasteiger partial charge is 0.387 e. The maximum Gasteiger partial charge on any atom is 0.490 e. The van der Waals surface area contributed by atoms with Gasteiger partial charge in [0.1, 0.15) is 24.4 Å². The van der Waals surface area contributed by atoms with Crippen molar-refractivity contribution < 1.29 is 71.0 Å². The number of amides is 2. The van der Waals surface area contributed by atoms with Crippen LogP contribution in [0.3, 0.4) is 0 Å². The number of carbonyl (C=O) groups is 2. The molecule has 0 radical (unpaired) electrons. The number of phosphoric ester groups is 1. The van der Waals surface area contributed by atoms with Crippen LogP contribution in [0.1, 0.15) is 42.1 Å². The lowest BCUT2D eigenvalue weighted by Gasteiger charge is -2.19. The number of aromatic nitrogens is 2. The fraction of sp³-hybridized carbons (Fsp3) is 0.684. The summed E-state index contributed by atoms with van der Waals surface area (Å²) in [5, 5.41) is 26.6. The molecule has 44 heavy (non-hydrogen) atoms. The molecule has 3 aliphatic rings. The summed E-state index contributed by atoms with van der Waals surface area (Å²) in [4.78, 5) is 87.1. The first-order valence-electron chi connectivity index (χ1n) is 12.7. The van der Waals surface area contributed by atoms with Crippen molar-refractivity contribution in [2.24, 2.45) is 0 Å². The lowest BCUT2D eigenvalue weighted by Crippen LogP contribution is -2.38. The van der Waals surface area contributed by atoms with Crippen molar-refractivity contribution >= 4 is 47.2 Å². The normalized spacial score (nSPS) is 31.1. The maximum absolute atomic E-state index is 12.8. The average molecular weight is 710 g/mol. The highest BCUT2D eigenvalue weighted by Gasteiger charge is 2.47. The zero-order chi connectivity index (χ0) is 32.6. The van der Waals surface area contributed by atoms with Crippen LogP contribution in [0.2, 0.25) is 0 Å². The van der Waals surface area contributed by atoms with Crippen LogP contribution in [0.4, 0.5) is 4.79 Å². The molecule has 4 rings (SSSR count). The SMILES string of the molecule is O=C1N[C@H]2[C@H](CS[C@H]2CCCCC(=O)n2cc([C@@H]3O[C@H](COP(=O)(O)OP(=O)(O)OP(=O)(O)O)[C@@H](O)[C@H]3O)c(=O)[nH]c2=O)N1. The predicted molar refractivity (Wildman–Crippen MR) is 145 cm³/mol. The number of thioether (sulfide) groups is 1. The van der Waals surface area contributed by atoms with Crippen LogP contribution in [0.25, 0.3) is 0 Å². The van der Waals surface area contributed by atoms with E-state index in [-0.39, 0.29) is 29.8 Å². The van der Waals surface area contributed by atoms with Crippen molar-refractivity contribution in [1.29, 1.82) is 0 Å². The van der Waals surface area contributed by atoms with Gasteiger partial charge in [-0.15, -0.1) is 0 Å². The van der Waals surface area contributed by atoms with Crippen LogP contribution in [0.15, 0.2) is 15.8 Å². The number of urea groups is 1. The van der Waals surface area contributed by atoms with Gasteiger partial charge in [-0.25, -0.2) is 27.9 Å². The number of aliphatic hydroxyl groups is 2. The Hall–Kier alpha value is -1.74. The minimum Gasteiger partial charge on any atom is -0.387 e. The van der Waals surface area contributed by atoms with Gasteiger partial charge in [-0.05, 0) is 12.8 Å². The molecule has 9 N–H and O–H groups in total. The second kappa shape index (κ2) is 13.5. The molecule has 0 aromatic carbocycles. The zero-order valence-electron chi connectivity index (χ0n) is 22.2. The number of hydrogen-bond acceptors (Lipinski definition) is 14. The Kier molecular flexibility index (Phi) is 10.8. The van der Waals surface area contributed by atoms with E-state index in [9.17, 15) is 52.9 Å². The van der Waals surface area contributed by atoms with E-state index in [2.05, 4.69) is 23.8 Å². The molecule has 4 heterocycles. The summed E-state index contributed by atoms with van der Waals surface area (Å²) in [6.45, 7) is -1.13. The molecule has 0 spiro atoms. The first kappa shape index (κ1) is 35.1. The number of aromatic amines is 1. The van der Waals surface area contributed by atoms with Gasteiger partial charge < -0.3 is 45.2 Å². The summed E-state index contributed by atoms with van der Waals surface area (Å²) < 4.78 is 51.7. The van der Waals surface area contributed by atoms with Crippen LogP contribution >= 0.6 is 35.2 Å². The number of rotatable bonds is 13. The van der Waals surface area contributed by atoms with Crippen molar-refractivity contribution in [3.8, 4) is 0 Å². The summed E-state index contributed by atoms with van der Waals surface area (Å²) in [7, 11) is -17.0. The first-order valence-corrected chi connectivity index (χ1v) is 18.3. The van der Waals surface area contributed by atoms with E-state index >= 15 is 0 Å². The Balaban J connectivity index is 1.35. The summed E-state index contributed by atoms with van der Waals surface area (Å²) in [6.07, 6.45) is -4.78. The van der Waals surface area contributed by atoms with Gasteiger partial charge in [0.2, 0.25) is 5.91 Å². The molecule has 1 aromatic heterocycles. The van der Waals surface area contributed by atoms with Gasteiger partial charge in [-0.2, -0.15) is 20.4 Å². The van der Waals surface area contributed by atoms with Crippen molar-refractivity contribution in [1.82, 2.24) is 20.2 Å². The van der Waals surface area contributed by atoms with Crippen molar-refractivity contribution in [3.63, 3.8) is 0 Å². The number of nitrogens with one attached hydrogen (secondary N) is 3. The van der Waals surface area contributed by atoms with Crippen LogP contribution in [-0.2, 0) is 31.6 Å². The number of ether oxygens (including phenoxy) is 1. The van der Waals surface area contributed by atoms with Crippen LogP contribution in [-0.4, -0.2) is 99.3 Å². The topological polar surface area (TPSA) is 323 Å². The standard InChI is InChI=1S/C19H29N4O17P3S/c24-12(4-2-1-3-11-13-9(7-44-11)20-18(28)21-13)23-5-8(17(27)22-19(23)29)16-15(26)14(25)10(38-16)6-37-42(33,34)40-43(35,36)39-41(30,31)32/h5,9-11,13-16,25-26H,1-4,6-7H2,(H,33,34)(H,35,36)(H2,20,21,28)(H,22,27,29)(H2,30,31,32)/t9-,10+,11-,13-,14+,15+,16-/m0/s1. The molecular formula is C19H29N4O17P3S. The Morgan fingerprint density at radius 1 is 1.02 bits per heavy atom. The molecule has 25 heteroatoms. The zero-order valence-corrected chi connectivity index (χ0v) is 25.7. The van der Waals surface area contributed by atoms with Gasteiger partial charge in [-0.1, -0.05) is 6.42 Å². The van der Waals surface area contributed by atoms with E-state index in [1.807, 2.05) is 4.98 Å². The molecule has 0 bridgehead atoms. The molecule has 0 aliphatic carbocycles. The number of unbranched alkanes of at least 4 members (excludes halogenated alkanes) is 1. The summed E-state index contributed by atoms with van der Waals surface area (Å²) in [6, 6.07) is -0.181. The molecule has 248 valence electrons. The number of nitrogens with zero attached hydrogens (tertiary/aromatic N) is 1. The maximum atomic E-state index is 12.8. The van der Waals surface area contributed by atoms with Gasteiger partial charge in [-0.3, -0.25) is 19.1 Å². The number of phosphoric acid groups is 3. The third kappa shape index (κ3) is 8.74. The van der Waals surface area contributed by atoms with Crippen molar-refractivity contribution in [2.75, 3.05) is 12.4 Å². The van der Waals surface area contributed by atoms with E-state index in [1.54, 1.807) is 11.8 Å². The fourth-order valence-electron chi connectivity index (χ4n) is 4.87. The monoisotopic (exact) mass is 710 g/mol. The Morgan fingerprint density at radius 3 is 2.41 bits per heavy atom. The molecule has 3 fully saturated rings. The highest BCUT2D eigenvalue weighted by atomic mass is 32.2. The van der Waals surface area contributed by atoms with Crippen molar-refractivity contribution in [2.45, 2.75) is 67.4 Å². The quantitative estimate of drug-likeness (QED) is 0.0633. The molecule has 9 atom stereocenters. The summed E-state index contributed by atoms with van der Waals surface area (Å²) in [5.74, 6) is 0.0726. The minimum absolute atomic E-state index is 0.00918. The number of H-pyrrole nitrogens is 1. The van der Waals surface area contributed by atoms with Crippen LogP contribution in [0, 0.1) is 0 Å². The van der Waals surface area contributed by atoms with E-state index in [0.717, 1.165) is 11.9 Å². The summed E-state index contributed by atoms with van der Waals surface area (Å²) >= 11 is 1.70. The Bertz CT molecular complexity index is 1530. The van der Waals surface area contributed by atoms with E-state index < -0.39 is 77.2 Å². The number of aliphatic hydroxyl groups excluding tert-OH is 2. The lowest BCUT2D eigenvalue weighted by atomic mass is 10.0. The molecule has 2 amide bonds. The second-order valence-corrected chi connectivity index (χ2v) is 15.6. The average Bonchev–Trinajstić information content (AvgIpc) is 3.51. The second-order valence-electron chi connectivity index (χ2n) is 9.94. The molecule has 2 unspecified atom stereocenters. The van der Waals surface area contributed by atoms with Crippen molar-refractivity contribution in [3.05, 3.63) is 32.6 Å². The highest BCUT2D eigenvalue weighted by molar-refractivity contribution is 8.00. The van der Waals surface area contributed by atoms with Gasteiger partial charge >= 0.3 is 35.2 Å². The third-order valence-corrected chi connectivity index (χ3v) is 12.1. The molecule has 0 saturated carbocycles. The molecule has 3 aliphatic heterocycles. The Labute approximate surface area is 250 Å². The number of hydrogen-bond donors (Lipinski definition) is 9. The minimum atomic E-state index is -5.82. The van der Waals surface area contributed by atoms with Gasteiger partial charge in [0.25, 0.3) is 5.56 Å². The molecular weight excluding hydrogens is 681 g/mol. The van der Waals surface area contributed by atoms with E-state index in [0.29, 0.717) is 23.8 Å². The molecule has 1 aromatic rings. The number of fused-ring (bicyclic) bond motifs is 1. The van der Waals surface area contributed by atoms with Gasteiger partial charge in [0, 0.05) is 23.6 Å². The van der Waals surface area contributed by atoms with Crippen LogP contribution < -0.4 is 21.9 Å². The lowest BCUT2D eigenvalue weighted by molar-refractivity contribution is -0.0228. The predicted octanol–water partition coefficient (Wildman–Crippen LogP) is -1.59.